The van der Waals surface area contributed by atoms with Gasteiger partial charge in [-0.2, -0.15) is 0 Å². The average molecular weight is 374 g/mol. The fourth-order valence-electron chi connectivity index (χ4n) is 2.50. The largest absolute Gasteiger partial charge is 0.463 e. The number of aromatic nitrogens is 1. The van der Waals surface area contributed by atoms with Crippen LogP contribution in [0.15, 0.2) is 48.6 Å². The molecule has 0 radical (unpaired) electrons. The maximum absolute atomic E-state index is 12.1. The fourth-order valence-corrected chi connectivity index (χ4v) is 2.78. The Morgan fingerprint density at radius 2 is 1.92 bits per heavy atom. The Morgan fingerprint density at radius 1 is 1.27 bits per heavy atom. The van der Waals surface area contributed by atoms with Crippen LogP contribution >= 0.6 is 11.6 Å². The van der Waals surface area contributed by atoms with Crippen LogP contribution in [-0.2, 0) is 19.1 Å². The zero-order valence-corrected chi connectivity index (χ0v) is 15.7. The number of pyridine rings is 1. The number of esters is 2. The molecule has 1 aromatic heterocycles. The highest BCUT2D eigenvalue weighted by Crippen LogP contribution is 2.35. The third kappa shape index (κ3) is 4.49. The number of nitrogens with zero attached hydrogens (tertiary/aromatic N) is 1. The summed E-state index contributed by atoms with van der Waals surface area (Å²) in [5.74, 6) is -1.23. The molecule has 0 amide bonds. The molecule has 136 valence electrons. The van der Waals surface area contributed by atoms with E-state index in [9.17, 15) is 9.59 Å². The van der Waals surface area contributed by atoms with Crippen LogP contribution in [-0.4, -0.2) is 23.5 Å². The standard InChI is InChI=1S/C20H20ClNO4/c1-5-25-20(24)12(2)18(26-14(4)23)17-11-16(13(3)22-19(17)21)15-9-7-6-8-10-15/h6-11,18H,2,5H2,1,3-4H3. The lowest BCUT2D eigenvalue weighted by molar-refractivity contribution is -0.147. The summed E-state index contributed by atoms with van der Waals surface area (Å²) in [5.41, 5.74) is 2.82. The van der Waals surface area contributed by atoms with E-state index in [4.69, 9.17) is 21.1 Å². The van der Waals surface area contributed by atoms with Crippen molar-refractivity contribution in [2.24, 2.45) is 0 Å². The van der Waals surface area contributed by atoms with E-state index in [-0.39, 0.29) is 17.3 Å². The second kappa shape index (κ2) is 8.63. The van der Waals surface area contributed by atoms with E-state index in [0.717, 1.165) is 11.1 Å². The SMILES string of the molecule is C=C(C(=O)OCC)C(OC(C)=O)c1cc(-c2ccccc2)c(C)nc1Cl. The normalized spacial score (nSPS) is 11.5. The molecule has 26 heavy (non-hydrogen) atoms. The molecule has 0 saturated carbocycles. The summed E-state index contributed by atoms with van der Waals surface area (Å²) in [5, 5.41) is 0.138. The first kappa shape index (κ1) is 19.7. The Kier molecular flexibility index (Phi) is 6.52. The molecular weight excluding hydrogens is 354 g/mol. The van der Waals surface area contributed by atoms with Crippen molar-refractivity contribution in [3.63, 3.8) is 0 Å². The molecule has 0 bridgehead atoms. The Morgan fingerprint density at radius 3 is 2.50 bits per heavy atom. The van der Waals surface area contributed by atoms with Crippen LogP contribution in [0, 0.1) is 6.92 Å². The number of halogens is 1. The van der Waals surface area contributed by atoms with Gasteiger partial charge in [-0.1, -0.05) is 48.5 Å². The number of aryl methyl sites for hydroxylation is 1. The number of carbonyl (C=O) groups is 2. The second-order valence-electron chi connectivity index (χ2n) is 5.60. The first-order valence-corrected chi connectivity index (χ1v) is 8.48. The van der Waals surface area contributed by atoms with Gasteiger partial charge in [-0.15, -0.1) is 0 Å². The van der Waals surface area contributed by atoms with Gasteiger partial charge < -0.3 is 9.47 Å². The molecule has 0 N–H and O–H groups in total. The van der Waals surface area contributed by atoms with Crippen molar-refractivity contribution in [3.05, 3.63) is 65.0 Å². The van der Waals surface area contributed by atoms with Crippen LogP contribution in [0.2, 0.25) is 5.15 Å². The molecular formula is C20H20ClNO4. The molecule has 0 aliphatic heterocycles. The van der Waals surface area contributed by atoms with Gasteiger partial charge in [0, 0.05) is 23.7 Å². The van der Waals surface area contributed by atoms with E-state index < -0.39 is 18.0 Å². The highest BCUT2D eigenvalue weighted by atomic mass is 35.5. The first-order valence-electron chi connectivity index (χ1n) is 8.10. The minimum atomic E-state index is -1.07. The van der Waals surface area contributed by atoms with Crippen LogP contribution in [0.5, 0.6) is 0 Å². The van der Waals surface area contributed by atoms with Gasteiger partial charge in [0.05, 0.1) is 12.2 Å². The van der Waals surface area contributed by atoms with E-state index in [2.05, 4.69) is 11.6 Å². The average Bonchev–Trinajstić information content (AvgIpc) is 2.60. The Hall–Kier alpha value is -2.66. The molecule has 1 unspecified atom stereocenters. The van der Waals surface area contributed by atoms with Crippen molar-refractivity contribution in [3.8, 4) is 11.1 Å². The maximum atomic E-state index is 12.1. The third-order valence-electron chi connectivity index (χ3n) is 3.70. The lowest BCUT2D eigenvalue weighted by Crippen LogP contribution is -2.19. The molecule has 1 heterocycles. The predicted octanol–water partition coefficient (Wildman–Crippen LogP) is 4.43. The van der Waals surface area contributed by atoms with Crippen LogP contribution in [0.25, 0.3) is 11.1 Å². The summed E-state index contributed by atoms with van der Waals surface area (Å²) in [6.07, 6.45) is -1.07. The first-order chi connectivity index (χ1) is 12.3. The molecule has 0 saturated heterocycles. The topological polar surface area (TPSA) is 65.5 Å². The molecule has 0 aliphatic rings. The summed E-state index contributed by atoms with van der Waals surface area (Å²) in [7, 11) is 0. The van der Waals surface area contributed by atoms with Gasteiger partial charge in [-0.3, -0.25) is 4.79 Å². The smallest absolute Gasteiger partial charge is 0.337 e. The van der Waals surface area contributed by atoms with E-state index in [0.29, 0.717) is 11.3 Å². The zero-order valence-electron chi connectivity index (χ0n) is 14.9. The van der Waals surface area contributed by atoms with Crippen LogP contribution in [0.1, 0.15) is 31.2 Å². The Balaban J connectivity index is 2.55. The lowest BCUT2D eigenvalue weighted by Gasteiger charge is -2.21. The summed E-state index contributed by atoms with van der Waals surface area (Å²) in [4.78, 5) is 28.0. The van der Waals surface area contributed by atoms with Crippen molar-refractivity contribution in [1.29, 1.82) is 0 Å². The summed E-state index contributed by atoms with van der Waals surface area (Å²) < 4.78 is 10.3. The quantitative estimate of drug-likeness (QED) is 0.425. The third-order valence-corrected chi connectivity index (χ3v) is 4.00. The van der Waals surface area contributed by atoms with Gasteiger partial charge in [0.15, 0.2) is 6.10 Å². The van der Waals surface area contributed by atoms with Gasteiger partial charge in [-0.25, -0.2) is 9.78 Å². The number of ether oxygens (including phenoxy) is 2. The van der Waals surface area contributed by atoms with Crippen molar-refractivity contribution in [2.45, 2.75) is 26.9 Å². The second-order valence-corrected chi connectivity index (χ2v) is 5.96. The van der Waals surface area contributed by atoms with Crippen molar-refractivity contribution in [1.82, 2.24) is 4.98 Å². The minimum Gasteiger partial charge on any atom is -0.463 e. The number of hydrogen-bond acceptors (Lipinski definition) is 5. The van der Waals surface area contributed by atoms with Gasteiger partial charge in [0.2, 0.25) is 0 Å². The summed E-state index contributed by atoms with van der Waals surface area (Å²) >= 11 is 6.30. The molecule has 0 spiro atoms. The summed E-state index contributed by atoms with van der Waals surface area (Å²) in [6.45, 7) is 8.67. The molecule has 5 nitrogen and oxygen atoms in total. The van der Waals surface area contributed by atoms with Crippen LogP contribution < -0.4 is 0 Å². The molecule has 2 rings (SSSR count). The summed E-state index contributed by atoms with van der Waals surface area (Å²) in [6, 6.07) is 11.4. The predicted molar refractivity (Wildman–Crippen MR) is 99.7 cm³/mol. The van der Waals surface area contributed by atoms with Gasteiger partial charge in [0.1, 0.15) is 5.15 Å². The van der Waals surface area contributed by atoms with Gasteiger partial charge in [0.25, 0.3) is 0 Å². The molecule has 0 aliphatic carbocycles. The van der Waals surface area contributed by atoms with Crippen molar-refractivity contribution >= 4 is 23.5 Å². The minimum absolute atomic E-state index is 0.0198. The van der Waals surface area contributed by atoms with Crippen LogP contribution in [0.3, 0.4) is 0 Å². The highest BCUT2D eigenvalue weighted by Gasteiger charge is 2.28. The Labute approximate surface area is 157 Å². The van der Waals surface area contributed by atoms with Gasteiger partial charge in [-0.05, 0) is 25.5 Å². The number of benzene rings is 1. The number of rotatable bonds is 6. The van der Waals surface area contributed by atoms with Gasteiger partial charge >= 0.3 is 11.9 Å². The van der Waals surface area contributed by atoms with E-state index in [1.165, 1.54) is 6.92 Å². The molecule has 1 aromatic carbocycles. The maximum Gasteiger partial charge on any atom is 0.337 e. The van der Waals surface area contributed by atoms with Crippen LogP contribution in [0.4, 0.5) is 0 Å². The number of hydrogen-bond donors (Lipinski definition) is 0. The lowest BCUT2D eigenvalue weighted by atomic mass is 9.98. The zero-order chi connectivity index (χ0) is 19.3. The number of carbonyl (C=O) groups excluding carboxylic acids is 2. The van der Waals surface area contributed by atoms with Crippen molar-refractivity contribution < 1.29 is 19.1 Å². The molecule has 0 fully saturated rings. The molecule has 6 heteroatoms. The molecule has 2 aromatic rings. The van der Waals surface area contributed by atoms with Crippen molar-refractivity contribution in [2.75, 3.05) is 6.61 Å². The fraction of sp³-hybridized carbons (Fsp3) is 0.250. The highest BCUT2D eigenvalue weighted by molar-refractivity contribution is 6.30. The monoisotopic (exact) mass is 373 g/mol. The van der Waals surface area contributed by atoms with E-state index in [1.807, 2.05) is 37.3 Å². The van der Waals surface area contributed by atoms with E-state index in [1.54, 1.807) is 13.0 Å². The Bertz CT molecular complexity index is 833. The van der Waals surface area contributed by atoms with E-state index >= 15 is 0 Å². The molecule has 1 atom stereocenters.